The van der Waals surface area contributed by atoms with Gasteiger partial charge >= 0.3 is 0 Å². The number of halogens is 7. The number of amides is 1. The molecule has 0 unspecified atom stereocenters. The summed E-state index contributed by atoms with van der Waals surface area (Å²) < 4.78 is 60.0. The third-order valence-corrected chi connectivity index (χ3v) is 5.80. The predicted molar refractivity (Wildman–Crippen MR) is 119 cm³/mol. The van der Waals surface area contributed by atoms with Crippen molar-refractivity contribution in [2.75, 3.05) is 5.32 Å². The van der Waals surface area contributed by atoms with Gasteiger partial charge in [-0.05, 0) is 24.3 Å². The van der Waals surface area contributed by atoms with Crippen molar-refractivity contribution in [1.29, 1.82) is 0 Å². The Hall–Kier alpha value is -3.09. The highest BCUT2D eigenvalue weighted by atomic mass is 35.5. The van der Waals surface area contributed by atoms with E-state index in [0.717, 1.165) is 0 Å². The first-order valence-corrected chi connectivity index (χ1v) is 10.8. The number of furan rings is 1. The van der Waals surface area contributed by atoms with Crippen LogP contribution in [0.4, 0.5) is 23.5 Å². The van der Waals surface area contributed by atoms with E-state index in [9.17, 15) is 22.4 Å². The van der Waals surface area contributed by atoms with Crippen LogP contribution in [-0.2, 0) is 13.1 Å². The van der Waals surface area contributed by atoms with Crippen molar-refractivity contribution in [3.63, 3.8) is 0 Å². The van der Waals surface area contributed by atoms with Crippen molar-refractivity contribution in [3.05, 3.63) is 80.2 Å². The molecule has 1 aromatic carbocycles. The van der Waals surface area contributed by atoms with Gasteiger partial charge in [0.2, 0.25) is 5.95 Å². The van der Waals surface area contributed by atoms with E-state index in [2.05, 4.69) is 20.5 Å². The molecule has 8 nitrogen and oxygen atoms in total. The first-order chi connectivity index (χ1) is 16.6. The zero-order valence-corrected chi connectivity index (χ0v) is 19.5. The monoisotopic (exact) mass is 550 g/mol. The number of nitrogens with one attached hydrogen (secondary N) is 1. The van der Waals surface area contributed by atoms with Gasteiger partial charge in [-0.2, -0.15) is 5.10 Å². The average Bonchev–Trinajstić information content (AvgIpc) is 3.50. The molecule has 0 aliphatic rings. The summed E-state index contributed by atoms with van der Waals surface area (Å²) in [5.41, 5.74) is -1.23. The van der Waals surface area contributed by atoms with Gasteiger partial charge in [0.15, 0.2) is 5.76 Å². The molecule has 4 aromatic rings. The maximum absolute atomic E-state index is 13.3. The quantitative estimate of drug-likeness (QED) is 0.261. The highest BCUT2D eigenvalue weighted by Crippen LogP contribution is 2.35. The lowest BCUT2D eigenvalue weighted by atomic mass is 10.2. The molecule has 184 valence electrons. The second kappa shape index (κ2) is 10.3. The molecule has 0 fully saturated rings. The van der Waals surface area contributed by atoms with Gasteiger partial charge in [0, 0.05) is 15.6 Å². The van der Waals surface area contributed by atoms with Crippen molar-refractivity contribution in [1.82, 2.24) is 24.5 Å². The van der Waals surface area contributed by atoms with Crippen LogP contribution in [0, 0.1) is 0 Å². The summed E-state index contributed by atoms with van der Waals surface area (Å²) in [6.45, 7) is -0.253. The molecular formula is C20H13Cl3F4N6O2. The van der Waals surface area contributed by atoms with Gasteiger partial charge < -0.3 is 4.42 Å². The van der Waals surface area contributed by atoms with Gasteiger partial charge in [0.1, 0.15) is 23.5 Å². The maximum atomic E-state index is 13.3. The number of anilines is 1. The third-order valence-electron chi connectivity index (χ3n) is 4.70. The lowest BCUT2D eigenvalue weighted by molar-refractivity contribution is 0.0993. The minimum Gasteiger partial charge on any atom is -0.454 e. The van der Waals surface area contributed by atoms with Gasteiger partial charge in [0.25, 0.3) is 18.8 Å². The highest BCUT2D eigenvalue weighted by Gasteiger charge is 2.28. The Morgan fingerprint density at radius 1 is 1.00 bits per heavy atom. The van der Waals surface area contributed by atoms with Crippen LogP contribution in [0.1, 0.15) is 46.1 Å². The molecule has 35 heavy (non-hydrogen) atoms. The Bertz CT molecular complexity index is 1350. The smallest absolute Gasteiger partial charge is 0.293 e. The van der Waals surface area contributed by atoms with Gasteiger partial charge in [0.05, 0.1) is 18.1 Å². The number of aromatic nitrogens is 5. The van der Waals surface area contributed by atoms with Crippen LogP contribution in [0.3, 0.4) is 0 Å². The minimum absolute atomic E-state index is 0.00360. The molecule has 0 bridgehead atoms. The van der Waals surface area contributed by atoms with E-state index < -0.39 is 41.7 Å². The molecule has 1 amide bonds. The van der Waals surface area contributed by atoms with Crippen LogP contribution in [0.15, 0.2) is 41.1 Å². The highest BCUT2D eigenvalue weighted by molar-refractivity contribution is 6.36. The molecule has 15 heteroatoms. The second-order valence-electron chi connectivity index (χ2n) is 7.03. The molecule has 0 aliphatic carbocycles. The summed E-state index contributed by atoms with van der Waals surface area (Å²) >= 11 is 17.9. The zero-order chi connectivity index (χ0) is 25.3. The number of rotatable bonds is 8. The van der Waals surface area contributed by atoms with E-state index in [1.807, 2.05) is 0 Å². The van der Waals surface area contributed by atoms with Gasteiger partial charge in [-0.3, -0.25) is 14.8 Å². The topological polar surface area (TPSA) is 90.8 Å². The number of hydrogen-bond acceptors (Lipinski definition) is 5. The van der Waals surface area contributed by atoms with Crippen LogP contribution in [0.5, 0.6) is 0 Å². The molecular weight excluding hydrogens is 539 g/mol. The first-order valence-electron chi connectivity index (χ1n) is 9.68. The molecule has 0 saturated carbocycles. The number of carbonyl (C=O) groups excluding carboxylic acids is 1. The van der Waals surface area contributed by atoms with E-state index >= 15 is 0 Å². The fraction of sp³-hybridized carbons (Fsp3) is 0.200. The summed E-state index contributed by atoms with van der Waals surface area (Å²) in [7, 11) is 0. The Morgan fingerprint density at radius 3 is 2.37 bits per heavy atom. The van der Waals surface area contributed by atoms with Crippen LogP contribution < -0.4 is 5.32 Å². The van der Waals surface area contributed by atoms with Crippen LogP contribution in [0.25, 0.3) is 0 Å². The Labute approximate surface area is 209 Å². The maximum Gasteiger partial charge on any atom is 0.293 e. The second-order valence-corrected chi connectivity index (χ2v) is 8.22. The fourth-order valence-corrected chi connectivity index (χ4v) is 3.93. The van der Waals surface area contributed by atoms with E-state index in [1.165, 1.54) is 23.1 Å². The zero-order valence-electron chi connectivity index (χ0n) is 17.2. The minimum atomic E-state index is -3.15. The van der Waals surface area contributed by atoms with Gasteiger partial charge in [-0.15, -0.1) is 5.10 Å². The third kappa shape index (κ3) is 5.44. The van der Waals surface area contributed by atoms with Crippen molar-refractivity contribution in [3.8, 4) is 0 Å². The van der Waals surface area contributed by atoms with Crippen LogP contribution in [0.2, 0.25) is 15.1 Å². The van der Waals surface area contributed by atoms with E-state index in [1.54, 1.807) is 18.2 Å². The van der Waals surface area contributed by atoms with Crippen molar-refractivity contribution in [2.24, 2.45) is 0 Å². The first kappa shape index (κ1) is 25.0. The summed E-state index contributed by atoms with van der Waals surface area (Å²) in [4.78, 5) is 16.5. The number of hydrogen-bond donors (Lipinski definition) is 1. The molecule has 0 atom stereocenters. The summed E-state index contributed by atoms with van der Waals surface area (Å²) in [6.07, 6.45) is -4.93. The van der Waals surface area contributed by atoms with E-state index in [0.29, 0.717) is 20.3 Å². The van der Waals surface area contributed by atoms with Crippen molar-refractivity contribution >= 4 is 46.7 Å². The fourth-order valence-electron chi connectivity index (χ4n) is 3.11. The normalized spacial score (nSPS) is 11.6. The number of alkyl halides is 4. The molecule has 1 N–H and O–H groups in total. The summed E-state index contributed by atoms with van der Waals surface area (Å²) in [5.74, 6) is -0.970. The Balaban J connectivity index is 1.45. The summed E-state index contributed by atoms with van der Waals surface area (Å²) in [5, 5.41) is 10.1. The van der Waals surface area contributed by atoms with E-state index in [4.69, 9.17) is 39.2 Å². The predicted octanol–water partition coefficient (Wildman–Crippen LogP) is 6.25. The Kier molecular flexibility index (Phi) is 7.33. The van der Waals surface area contributed by atoms with Crippen LogP contribution >= 0.6 is 34.8 Å². The number of carbonyl (C=O) groups is 1. The standard InChI is InChI=1S/C20H13Cl3F4N6O2/c21-11-2-1-3-12(22)10(11)7-32-8-28-20(31-32)29-19(34)13-5-4-9(35-13)6-33-16(18(26)27)14(23)15(30-33)17(24)25/h1-5,8,17-18H,6-7H2,(H,29,31,34). The van der Waals surface area contributed by atoms with Gasteiger partial charge in [-0.25, -0.2) is 27.2 Å². The largest absolute Gasteiger partial charge is 0.454 e. The summed E-state index contributed by atoms with van der Waals surface area (Å²) in [6, 6.07) is 7.63. The molecule has 3 aromatic heterocycles. The SMILES string of the molecule is O=C(Nc1ncn(Cc2c(Cl)cccc2Cl)n1)c1ccc(Cn2nc(C(F)F)c(Cl)c2C(F)F)o1. The molecule has 0 saturated heterocycles. The Morgan fingerprint density at radius 2 is 1.71 bits per heavy atom. The lowest BCUT2D eigenvalue weighted by Gasteiger charge is -2.06. The molecule has 3 heterocycles. The van der Waals surface area contributed by atoms with Crippen LogP contribution in [-0.4, -0.2) is 30.5 Å². The molecule has 4 rings (SSSR count). The molecule has 0 spiro atoms. The lowest BCUT2D eigenvalue weighted by Crippen LogP contribution is -2.13. The van der Waals surface area contributed by atoms with E-state index in [-0.39, 0.29) is 24.0 Å². The molecule has 0 radical (unpaired) electrons. The van der Waals surface area contributed by atoms with Gasteiger partial charge in [-0.1, -0.05) is 40.9 Å². The number of benzene rings is 1. The molecule has 0 aliphatic heterocycles. The number of nitrogens with zero attached hydrogens (tertiary/aromatic N) is 5. The van der Waals surface area contributed by atoms with Crippen molar-refractivity contribution < 1.29 is 26.8 Å². The average molecular weight is 552 g/mol. The van der Waals surface area contributed by atoms with Crippen molar-refractivity contribution in [2.45, 2.75) is 25.9 Å².